The van der Waals surface area contributed by atoms with Gasteiger partial charge in [0.25, 0.3) is 0 Å². The van der Waals surface area contributed by atoms with Crippen molar-refractivity contribution in [1.82, 2.24) is 9.78 Å². The van der Waals surface area contributed by atoms with Gasteiger partial charge in [0.2, 0.25) is 5.43 Å². The van der Waals surface area contributed by atoms with Gasteiger partial charge >= 0.3 is 6.09 Å². The molecule has 152 valence electrons. The van der Waals surface area contributed by atoms with Crippen LogP contribution in [0.5, 0.6) is 0 Å². The second kappa shape index (κ2) is 9.49. The van der Waals surface area contributed by atoms with Gasteiger partial charge in [0.05, 0.1) is 30.5 Å². The maximum atomic E-state index is 12.3. The van der Waals surface area contributed by atoms with Crippen molar-refractivity contribution in [2.24, 2.45) is 0 Å². The number of nitriles is 1. The lowest BCUT2D eigenvalue weighted by Gasteiger charge is -2.19. The van der Waals surface area contributed by atoms with Crippen molar-refractivity contribution in [3.05, 3.63) is 87.8 Å². The standard InChI is InChI=1S/C22H20N4O4/c1-30-12-11-25(22(28)29)19-4-2-3-17(13-19)14-20-21(27)9-10-26(24-20)18-7-5-16(15-23)6-8-18/h2-10,13H,11-12,14H2,1H3,(H,28,29). The van der Waals surface area contributed by atoms with Crippen LogP contribution in [0.3, 0.4) is 0 Å². The van der Waals surface area contributed by atoms with E-state index in [-0.39, 0.29) is 25.0 Å². The molecule has 8 nitrogen and oxygen atoms in total. The minimum absolute atomic E-state index is 0.199. The molecular weight excluding hydrogens is 384 g/mol. The maximum absolute atomic E-state index is 12.3. The molecule has 8 heteroatoms. The van der Waals surface area contributed by atoms with Gasteiger partial charge in [0, 0.05) is 31.5 Å². The SMILES string of the molecule is COCCN(C(=O)O)c1cccc(Cc2nn(-c3ccc(C#N)cc3)ccc2=O)c1. The summed E-state index contributed by atoms with van der Waals surface area (Å²) in [5.41, 5.74) is 2.64. The van der Waals surface area contributed by atoms with E-state index in [0.717, 1.165) is 11.3 Å². The Morgan fingerprint density at radius 1 is 1.23 bits per heavy atom. The van der Waals surface area contributed by atoms with Crippen LogP contribution in [0, 0.1) is 11.3 Å². The number of hydrogen-bond acceptors (Lipinski definition) is 5. The van der Waals surface area contributed by atoms with Crippen molar-refractivity contribution in [3.63, 3.8) is 0 Å². The Hall–Kier alpha value is -3.96. The average molecular weight is 404 g/mol. The Morgan fingerprint density at radius 2 is 2.00 bits per heavy atom. The Balaban J connectivity index is 1.88. The smallest absolute Gasteiger partial charge is 0.411 e. The molecule has 0 spiro atoms. The van der Waals surface area contributed by atoms with Gasteiger partial charge in [0.15, 0.2) is 0 Å². The molecule has 0 fully saturated rings. The van der Waals surface area contributed by atoms with Gasteiger partial charge in [-0.05, 0) is 42.0 Å². The predicted octanol–water partition coefficient (Wildman–Crippen LogP) is 2.83. The third-order valence-corrected chi connectivity index (χ3v) is 4.48. The third-order valence-electron chi connectivity index (χ3n) is 4.48. The molecule has 0 saturated heterocycles. The van der Waals surface area contributed by atoms with E-state index in [9.17, 15) is 14.7 Å². The number of benzene rings is 2. The van der Waals surface area contributed by atoms with E-state index in [4.69, 9.17) is 10.00 Å². The van der Waals surface area contributed by atoms with E-state index in [1.165, 1.54) is 18.1 Å². The van der Waals surface area contributed by atoms with E-state index < -0.39 is 6.09 Å². The fraction of sp³-hybridized carbons (Fsp3) is 0.182. The van der Waals surface area contributed by atoms with Crippen LogP contribution >= 0.6 is 0 Å². The molecule has 0 radical (unpaired) electrons. The highest BCUT2D eigenvalue weighted by atomic mass is 16.5. The van der Waals surface area contributed by atoms with Crippen LogP contribution in [0.25, 0.3) is 5.69 Å². The number of carbonyl (C=O) groups is 1. The summed E-state index contributed by atoms with van der Waals surface area (Å²) in [4.78, 5) is 25.1. The first-order valence-electron chi connectivity index (χ1n) is 9.19. The van der Waals surface area contributed by atoms with Crippen LogP contribution in [-0.2, 0) is 11.2 Å². The number of hydrogen-bond donors (Lipinski definition) is 1. The fourth-order valence-electron chi connectivity index (χ4n) is 2.95. The number of carboxylic acid groups (broad SMARTS) is 1. The highest BCUT2D eigenvalue weighted by Crippen LogP contribution is 2.18. The molecule has 0 unspecified atom stereocenters. The zero-order valence-electron chi connectivity index (χ0n) is 16.4. The Bertz CT molecular complexity index is 1130. The van der Waals surface area contributed by atoms with Crippen LogP contribution in [0.15, 0.2) is 65.6 Å². The summed E-state index contributed by atoms with van der Waals surface area (Å²) in [7, 11) is 1.51. The molecule has 30 heavy (non-hydrogen) atoms. The number of anilines is 1. The first-order chi connectivity index (χ1) is 14.5. The van der Waals surface area contributed by atoms with Crippen molar-refractivity contribution < 1.29 is 14.6 Å². The van der Waals surface area contributed by atoms with Crippen molar-refractivity contribution >= 4 is 11.8 Å². The highest BCUT2D eigenvalue weighted by Gasteiger charge is 2.15. The lowest BCUT2D eigenvalue weighted by atomic mass is 10.1. The highest BCUT2D eigenvalue weighted by molar-refractivity contribution is 5.86. The number of ether oxygens (including phenoxy) is 1. The number of methoxy groups -OCH3 is 1. The molecule has 0 aliphatic heterocycles. The summed E-state index contributed by atoms with van der Waals surface area (Å²) in [5.74, 6) is 0. The summed E-state index contributed by atoms with van der Waals surface area (Å²) in [6.45, 7) is 0.469. The molecule has 3 rings (SSSR count). The Labute approximate surface area is 173 Å². The van der Waals surface area contributed by atoms with E-state index in [1.54, 1.807) is 53.3 Å². The minimum Gasteiger partial charge on any atom is -0.465 e. The van der Waals surface area contributed by atoms with Crippen LogP contribution in [0.1, 0.15) is 16.8 Å². The normalized spacial score (nSPS) is 10.4. The number of amides is 1. The predicted molar refractivity (Wildman–Crippen MR) is 111 cm³/mol. The molecule has 0 aliphatic carbocycles. The minimum atomic E-state index is -1.08. The number of aromatic nitrogens is 2. The second-order valence-corrected chi connectivity index (χ2v) is 6.50. The van der Waals surface area contributed by atoms with Gasteiger partial charge in [0.1, 0.15) is 5.69 Å². The van der Waals surface area contributed by atoms with E-state index in [2.05, 4.69) is 11.2 Å². The van der Waals surface area contributed by atoms with Crippen molar-refractivity contribution in [1.29, 1.82) is 5.26 Å². The average Bonchev–Trinajstić information content (AvgIpc) is 2.76. The van der Waals surface area contributed by atoms with Crippen molar-refractivity contribution in [2.75, 3.05) is 25.2 Å². The van der Waals surface area contributed by atoms with Gasteiger partial charge in [-0.25, -0.2) is 9.48 Å². The molecule has 0 bridgehead atoms. The molecule has 0 aliphatic rings. The maximum Gasteiger partial charge on any atom is 0.411 e. The monoisotopic (exact) mass is 404 g/mol. The topological polar surface area (TPSA) is 108 Å². The first kappa shape index (κ1) is 20.8. The van der Waals surface area contributed by atoms with E-state index in [0.29, 0.717) is 16.9 Å². The summed E-state index contributed by atoms with van der Waals surface area (Å²) >= 11 is 0. The molecule has 1 aromatic heterocycles. The van der Waals surface area contributed by atoms with Crippen molar-refractivity contribution in [2.45, 2.75) is 6.42 Å². The fourth-order valence-corrected chi connectivity index (χ4v) is 2.95. The lowest BCUT2D eigenvalue weighted by molar-refractivity contribution is 0.186. The Kier molecular flexibility index (Phi) is 6.57. The molecule has 0 saturated carbocycles. The molecular formula is C22H20N4O4. The zero-order valence-corrected chi connectivity index (χ0v) is 16.4. The molecule has 1 amide bonds. The van der Waals surface area contributed by atoms with Gasteiger partial charge in [-0.1, -0.05) is 12.1 Å². The first-order valence-corrected chi connectivity index (χ1v) is 9.19. The second-order valence-electron chi connectivity index (χ2n) is 6.50. The van der Waals surface area contributed by atoms with Crippen LogP contribution in [0.2, 0.25) is 0 Å². The molecule has 2 aromatic carbocycles. The molecule has 1 heterocycles. The quantitative estimate of drug-likeness (QED) is 0.649. The van der Waals surface area contributed by atoms with Gasteiger partial charge < -0.3 is 9.84 Å². The summed E-state index contributed by atoms with van der Waals surface area (Å²) in [6.07, 6.45) is 0.743. The van der Waals surface area contributed by atoms with Crippen LogP contribution in [-0.4, -0.2) is 41.2 Å². The van der Waals surface area contributed by atoms with E-state index in [1.807, 2.05) is 6.07 Å². The lowest BCUT2D eigenvalue weighted by Crippen LogP contribution is -2.32. The molecule has 3 aromatic rings. The van der Waals surface area contributed by atoms with Gasteiger partial charge in [-0.2, -0.15) is 10.4 Å². The third kappa shape index (κ3) is 4.90. The van der Waals surface area contributed by atoms with Crippen molar-refractivity contribution in [3.8, 4) is 11.8 Å². The molecule has 1 N–H and O–H groups in total. The Morgan fingerprint density at radius 3 is 2.67 bits per heavy atom. The largest absolute Gasteiger partial charge is 0.465 e. The molecule has 0 atom stereocenters. The van der Waals surface area contributed by atoms with Crippen LogP contribution in [0.4, 0.5) is 10.5 Å². The summed E-state index contributed by atoms with van der Waals surface area (Å²) < 4.78 is 6.55. The van der Waals surface area contributed by atoms with E-state index >= 15 is 0 Å². The van der Waals surface area contributed by atoms with Gasteiger partial charge in [-0.3, -0.25) is 9.69 Å². The zero-order chi connectivity index (χ0) is 21.5. The van der Waals surface area contributed by atoms with Crippen LogP contribution < -0.4 is 10.3 Å². The number of nitrogens with zero attached hydrogens (tertiary/aromatic N) is 4. The summed E-state index contributed by atoms with van der Waals surface area (Å²) in [6, 6.07) is 17.3. The summed E-state index contributed by atoms with van der Waals surface area (Å²) in [5, 5.41) is 22.8. The van der Waals surface area contributed by atoms with Gasteiger partial charge in [-0.15, -0.1) is 0 Å². The number of rotatable bonds is 7.